The summed E-state index contributed by atoms with van der Waals surface area (Å²) in [7, 11) is 1.92. The lowest BCUT2D eigenvalue weighted by molar-refractivity contribution is -0.131. The Balaban J connectivity index is 1.44. The number of fused-ring (bicyclic) bond motifs is 2. The Hall–Kier alpha value is -1.53. The van der Waals surface area contributed by atoms with Gasteiger partial charge in [0, 0.05) is 30.9 Å². The van der Waals surface area contributed by atoms with Crippen LogP contribution in [-0.2, 0) is 9.59 Å². The van der Waals surface area contributed by atoms with Gasteiger partial charge in [-0.3, -0.25) is 9.59 Å². The van der Waals surface area contributed by atoms with Crippen molar-refractivity contribution in [3.8, 4) is 0 Å². The summed E-state index contributed by atoms with van der Waals surface area (Å²) >= 11 is 1.41. The molecule has 6 heteroatoms. The van der Waals surface area contributed by atoms with Crippen molar-refractivity contribution in [2.24, 2.45) is 0 Å². The molecule has 3 atom stereocenters. The number of hydrogen-bond donors (Lipinski definition) is 2. The fourth-order valence-corrected chi connectivity index (χ4v) is 4.70. The van der Waals surface area contributed by atoms with Crippen LogP contribution in [0.15, 0.2) is 24.3 Å². The van der Waals surface area contributed by atoms with E-state index in [4.69, 9.17) is 0 Å². The molecule has 5 nitrogen and oxygen atoms in total. The number of amides is 2. The third kappa shape index (κ3) is 4.80. The maximum Gasteiger partial charge on any atom is 0.235 e. The van der Waals surface area contributed by atoms with Crippen LogP contribution in [0.3, 0.4) is 0 Å². The van der Waals surface area contributed by atoms with Crippen molar-refractivity contribution in [1.29, 1.82) is 0 Å². The number of carbonyl (C=O) groups excluding carboxylic acids is 2. The molecule has 3 unspecified atom stereocenters. The number of aryl methyl sites for hydroxylation is 1. The molecule has 2 amide bonds. The summed E-state index contributed by atoms with van der Waals surface area (Å²) in [5.41, 5.74) is 1.95. The molecule has 2 bridgehead atoms. The van der Waals surface area contributed by atoms with Gasteiger partial charge in [0.15, 0.2) is 0 Å². The Bertz CT molecular complexity index is 637. The minimum Gasteiger partial charge on any atom is -0.342 e. The van der Waals surface area contributed by atoms with E-state index in [0.29, 0.717) is 18.1 Å². The molecule has 2 aliphatic rings. The molecular formula is C20H29N3O2S. The SMILES string of the molecule is Cc1ccc(NC(=O)CSC(C)C(=O)N(C)C2CC3CCC(C2)N3)cc1. The van der Waals surface area contributed by atoms with Gasteiger partial charge in [0.1, 0.15) is 0 Å². The molecule has 1 aromatic carbocycles. The summed E-state index contributed by atoms with van der Waals surface area (Å²) < 4.78 is 0. The monoisotopic (exact) mass is 375 g/mol. The average Bonchev–Trinajstić information content (AvgIpc) is 2.98. The fraction of sp³-hybridized carbons (Fsp3) is 0.600. The van der Waals surface area contributed by atoms with Crippen LogP contribution < -0.4 is 10.6 Å². The highest BCUT2D eigenvalue weighted by molar-refractivity contribution is 8.01. The van der Waals surface area contributed by atoms with Crippen molar-refractivity contribution >= 4 is 29.3 Å². The van der Waals surface area contributed by atoms with Gasteiger partial charge in [-0.05, 0) is 51.7 Å². The van der Waals surface area contributed by atoms with Gasteiger partial charge in [-0.25, -0.2) is 0 Å². The van der Waals surface area contributed by atoms with E-state index in [1.165, 1.54) is 24.6 Å². The van der Waals surface area contributed by atoms with Crippen molar-refractivity contribution in [3.63, 3.8) is 0 Å². The number of nitrogens with zero attached hydrogens (tertiary/aromatic N) is 1. The van der Waals surface area contributed by atoms with Crippen molar-refractivity contribution in [1.82, 2.24) is 10.2 Å². The van der Waals surface area contributed by atoms with E-state index >= 15 is 0 Å². The minimum absolute atomic E-state index is 0.0685. The number of carbonyl (C=O) groups is 2. The number of benzene rings is 1. The molecule has 1 aromatic rings. The van der Waals surface area contributed by atoms with Crippen LogP contribution in [0, 0.1) is 6.92 Å². The lowest BCUT2D eigenvalue weighted by Crippen LogP contribution is -2.50. The Kier molecular flexibility index (Phi) is 6.24. The van der Waals surface area contributed by atoms with E-state index < -0.39 is 0 Å². The number of piperidine rings is 1. The zero-order chi connectivity index (χ0) is 18.7. The lowest BCUT2D eigenvalue weighted by atomic mass is 9.98. The zero-order valence-corrected chi connectivity index (χ0v) is 16.6. The van der Waals surface area contributed by atoms with E-state index in [2.05, 4.69) is 10.6 Å². The first kappa shape index (κ1) is 19.2. The molecule has 26 heavy (non-hydrogen) atoms. The minimum atomic E-state index is -0.212. The second-order valence-corrected chi connectivity index (χ2v) is 8.91. The Morgan fingerprint density at radius 1 is 1.23 bits per heavy atom. The van der Waals surface area contributed by atoms with Gasteiger partial charge >= 0.3 is 0 Å². The number of anilines is 1. The predicted octanol–water partition coefficient (Wildman–Crippen LogP) is 2.80. The topological polar surface area (TPSA) is 61.4 Å². The van der Waals surface area contributed by atoms with Gasteiger partial charge in [0.2, 0.25) is 11.8 Å². The number of thioether (sulfide) groups is 1. The van der Waals surface area contributed by atoms with Crippen LogP contribution in [0.5, 0.6) is 0 Å². The third-order valence-corrected chi connectivity index (χ3v) is 6.62. The lowest BCUT2D eigenvalue weighted by Gasteiger charge is -2.36. The first-order chi connectivity index (χ1) is 12.4. The zero-order valence-electron chi connectivity index (χ0n) is 15.8. The molecule has 2 heterocycles. The second-order valence-electron chi connectivity index (χ2n) is 7.58. The highest BCUT2D eigenvalue weighted by Gasteiger charge is 2.37. The quantitative estimate of drug-likeness (QED) is 0.803. The number of nitrogens with one attached hydrogen (secondary N) is 2. The predicted molar refractivity (Wildman–Crippen MR) is 107 cm³/mol. The summed E-state index contributed by atoms with van der Waals surface area (Å²) in [4.78, 5) is 26.8. The van der Waals surface area contributed by atoms with Crippen LogP contribution >= 0.6 is 11.8 Å². The normalized spacial score (nSPS) is 25.6. The first-order valence-corrected chi connectivity index (χ1v) is 10.5. The van der Waals surface area contributed by atoms with E-state index in [-0.39, 0.29) is 22.8 Å². The van der Waals surface area contributed by atoms with Crippen LogP contribution in [0.1, 0.15) is 38.2 Å². The van der Waals surface area contributed by atoms with Crippen LogP contribution in [-0.4, -0.2) is 52.9 Å². The largest absolute Gasteiger partial charge is 0.342 e. The van der Waals surface area contributed by atoms with Crippen molar-refractivity contribution in [2.45, 2.75) is 62.9 Å². The molecule has 0 spiro atoms. The first-order valence-electron chi connectivity index (χ1n) is 9.43. The molecule has 2 aliphatic heterocycles. The van der Waals surface area contributed by atoms with Gasteiger partial charge in [0.05, 0.1) is 11.0 Å². The average molecular weight is 376 g/mol. The molecular weight excluding hydrogens is 346 g/mol. The maximum atomic E-state index is 12.7. The summed E-state index contributed by atoms with van der Waals surface area (Å²) in [5.74, 6) is 0.344. The third-order valence-electron chi connectivity index (χ3n) is 5.49. The Morgan fingerprint density at radius 2 is 1.85 bits per heavy atom. The Morgan fingerprint density at radius 3 is 2.46 bits per heavy atom. The summed E-state index contributed by atoms with van der Waals surface area (Å²) in [6, 6.07) is 9.18. The molecule has 2 saturated heterocycles. The van der Waals surface area contributed by atoms with Crippen molar-refractivity contribution in [3.05, 3.63) is 29.8 Å². The molecule has 0 saturated carbocycles. The van der Waals surface area contributed by atoms with Crippen molar-refractivity contribution < 1.29 is 9.59 Å². The summed E-state index contributed by atoms with van der Waals surface area (Å²) in [5, 5.41) is 6.29. The van der Waals surface area contributed by atoms with E-state index in [1.807, 2.05) is 50.1 Å². The van der Waals surface area contributed by atoms with Gasteiger partial charge in [-0.1, -0.05) is 17.7 Å². The van der Waals surface area contributed by atoms with Crippen LogP contribution in [0.4, 0.5) is 5.69 Å². The molecule has 142 valence electrons. The molecule has 0 radical (unpaired) electrons. The fourth-order valence-electron chi connectivity index (χ4n) is 3.92. The van der Waals surface area contributed by atoms with Crippen LogP contribution in [0.2, 0.25) is 0 Å². The second kappa shape index (κ2) is 8.44. The maximum absolute atomic E-state index is 12.7. The molecule has 3 rings (SSSR count). The summed E-state index contributed by atoms with van der Waals surface area (Å²) in [6.07, 6.45) is 4.55. The highest BCUT2D eigenvalue weighted by atomic mass is 32.2. The van der Waals surface area contributed by atoms with E-state index in [9.17, 15) is 9.59 Å². The van der Waals surface area contributed by atoms with Gasteiger partial charge in [-0.2, -0.15) is 0 Å². The smallest absolute Gasteiger partial charge is 0.235 e. The summed E-state index contributed by atoms with van der Waals surface area (Å²) in [6.45, 7) is 3.91. The Labute approximate surface area is 160 Å². The molecule has 0 aromatic heterocycles. The van der Waals surface area contributed by atoms with Gasteiger partial charge < -0.3 is 15.5 Å². The van der Waals surface area contributed by atoms with Crippen molar-refractivity contribution in [2.75, 3.05) is 18.1 Å². The van der Waals surface area contributed by atoms with E-state index in [1.54, 1.807) is 0 Å². The standard InChI is InChI=1S/C20H29N3O2S/c1-13-4-6-15(7-5-13)22-19(24)12-26-14(2)20(25)23(3)18-10-16-8-9-17(11-18)21-16/h4-7,14,16-18,21H,8-12H2,1-3H3,(H,22,24). The molecule has 2 fully saturated rings. The van der Waals surface area contributed by atoms with Gasteiger partial charge in [-0.15, -0.1) is 11.8 Å². The highest BCUT2D eigenvalue weighted by Crippen LogP contribution is 2.30. The van der Waals surface area contributed by atoms with E-state index in [0.717, 1.165) is 24.1 Å². The van der Waals surface area contributed by atoms with Crippen LogP contribution in [0.25, 0.3) is 0 Å². The number of hydrogen-bond acceptors (Lipinski definition) is 4. The number of rotatable bonds is 6. The molecule has 0 aliphatic carbocycles. The molecule has 2 N–H and O–H groups in total. The van der Waals surface area contributed by atoms with Gasteiger partial charge in [0.25, 0.3) is 0 Å².